The molecule has 0 aliphatic heterocycles. The molecular weight excluding hydrogens is 356 g/mol. The zero-order valence-corrected chi connectivity index (χ0v) is 13.7. The number of benzene rings is 2. The lowest BCUT2D eigenvalue weighted by Gasteiger charge is -2.15. The summed E-state index contributed by atoms with van der Waals surface area (Å²) in [6.45, 7) is 0. The summed E-state index contributed by atoms with van der Waals surface area (Å²) < 4.78 is 11.3. The Bertz CT molecular complexity index is 714. The minimum Gasteiger partial charge on any atom is -0.495 e. The van der Waals surface area contributed by atoms with E-state index in [1.54, 1.807) is 44.6 Å². The SMILES string of the molecule is COc1cc(OC)c(Nc2ccc(C#N)cc2Br)cc1Cl. The third kappa shape index (κ3) is 3.41. The van der Waals surface area contributed by atoms with Crippen LogP contribution in [0.2, 0.25) is 5.02 Å². The molecule has 0 aliphatic carbocycles. The van der Waals surface area contributed by atoms with Crippen LogP contribution < -0.4 is 14.8 Å². The summed E-state index contributed by atoms with van der Waals surface area (Å²) in [5.74, 6) is 1.14. The predicted octanol–water partition coefficient (Wildman–Crippen LogP) is 4.73. The Balaban J connectivity index is 2.40. The fourth-order valence-electron chi connectivity index (χ4n) is 1.79. The number of halogens is 2. The molecule has 0 unspecified atom stereocenters. The molecule has 0 aromatic heterocycles. The molecular formula is C15H12BrClN2O2. The number of ether oxygens (including phenoxy) is 2. The van der Waals surface area contributed by atoms with Gasteiger partial charge in [0.05, 0.1) is 42.2 Å². The molecule has 0 amide bonds. The summed E-state index contributed by atoms with van der Waals surface area (Å²) in [5, 5.41) is 12.6. The highest BCUT2D eigenvalue weighted by Gasteiger charge is 2.11. The molecule has 21 heavy (non-hydrogen) atoms. The van der Waals surface area contributed by atoms with Crippen LogP contribution in [0, 0.1) is 11.3 Å². The number of nitriles is 1. The fraction of sp³-hybridized carbons (Fsp3) is 0.133. The molecule has 0 spiro atoms. The van der Waals surface area contributed by atoms with Crippen molar-refractivity contribution in [3.8, 4) is 17.6 Å². The van der Waals surface area contributed by atoms with Gasteiger partial charge in [-0.1, -0.05) is 11.6 Å². The van der Waals surface area contributed by atoms with E-state index in [1.165, 1.54) is 0 Å². The first-order valence-electron chi connectivity index (χ1n) is 5.97. The summed E-state index contributed by atoms with van der Waals surface area (Å²) in [4.78, 5) is 0. The van der Waals surface area contributed by atoms with E-state index < -0.39 is 0 Å². The van der Waals surface area contributed by atoms with E-state index in [4.69, 9.17) is 26.3 Å². The lowest BCUT2D eigenvalue weighted by Crippen LogP contribution is -1.97. The lowest BCUT2D eigenvalue weighted by atomic mass is 10.2. The van der Waals surface area contributed by atoms with Crippen LogP contribution in [0.15, 0.2) is 34.8 Å². The van der Waals surface area contributed by atoms with Crippen LogP contribution in [0.5, 0.6) is 11.5 Å². The van der Waals surface area contributed by atoms with Crippen molar-refractivity contribution >= 4 is 38.9 Å². The zero-order valence-electron chi connectivity index (χ0n) is 11.4. The molecule has 0 saturated heterocycles. The molecule has 1 N–H and O–H groups in total. The van der Waals surface area contributed by atoms with E-state index in [9.17, 15) is 0 Å². The second-order valence-corrected chi connectivity index (χ2v) is 5.38. The normalized spacial score (nSPS) is 9.86. The number of nitrogens with one attached hydrogen (secondary N) is 1. The number of hydrogen-bond donors (Lipinski definition) is 1. The highest BCUT2D eigenvalue weighted by atomic mass is 79.9. The maximum Gasteiger partial charge on any atom is 0.146 e. The first-order chi connectivity index (χ1) is 10.1. The number of nitrogens with zero attached hydrogens (tertiary/aromatic N) is 1. The third-order valence-electron chi connectivity index (χ3n) is 2.84. The van der Waals surface area contributed by atoms with Crippen LogP contribution >= 0.6 is 27.5 Å². The highest BCUT2D eigenvalue weighted by molar-refractivity contribution is 9.10. The molecule has 0 aliphatic rings. The van der Waals surface area contributed by atoms with Crippen LogP contribution in [-0.2, 0) is 0 Å². The number of rotatable bonds is 4. The van der Waals surface area contributed by atoms with Crippen molar-refractivity contribution in [2.75, 3.05) is 19.5 Å². The van der Waals surface area contributed by atoms with Crippen molar-refractivity contribution in [3.05, 3.63) is 45.4 Å². The smallest absolute Gasteiger partial charge is 0.146 e. The van der Waals surface area contributed by atoms with Gasteiger partial charge in [0.25, 0.3) is 0 Å². The first-order valence-corrected chi connectivity index (χ1v) is 7.14. The Morgan fingerprint density at radius 3 is 2.38 bits per heavy atom. The summed E-state index contributed by atoms with van der Waals surface area (Å²) in [5.41, 5.74) is 2.08. The molecule has 0 heterocycles. The number of hydrogen-bond acceptors (Lipinski definition) is 4. The number of anilines is 2. The fourth-order valence-corrected chi connectivity index (χ4v) is 2.51. The van der Waals surface area contributed by atoms with Gasteiger partial charge in [-0.05, 0) is 40.2 Å². The van der Waals surface area contributed by atoms with Crippen LogP contribution in [0.25, 0.3) is 0 Å². The largest absolute Gasteiger partial charge is 0.495 e. The minimum atomic E-state index is 0.477. The van der Waals surface area contributed by atoms with Gasteiger partial charge < -0.3 is 14.8 Å². The van der Waals surface area contributed by atoms with Crippen molar-refractivity contribution in [1.82, 2.24) is 0 Å². The van der Waals surface area contributed by atoms with E-state index in [-0.39, 0.29) is 0 Å². The third-order valence-corrected chi connectivity index (χ3v) is 3.79. The van der Waals surface area contributed by atoms with Crippen molar-refractivity contribution < 1.29 is 9.47 Å². The molecule has 108 valence electrons. The molecule has 0 bridgehead atoms. The van der Waals surface area contributed by atoms with Crippen LogP contribution in [-0.4, -0.2) is 14.2 Å². The van der Waals surface area contributed by atoms with Crippen molar-refractivity contribution in [2.24, 2.45) is 0 Å². The van der Waals surface area contributed by atoms with E-state index in [1.807, 2.05) is 0 Å². The van der Waals surface area contributed by atoms with Gasteiger partial charge in [-0.3, -0.25) is 0 Å². The van der Waals surface area contributed by atoms with E-state index in [0.717, 1.165) is 10.2 Å². The van der Waals surface area contributed by atoms with Gasteiger partial charge >= 0.3 is 0 Å². The highest BCUT2D eigenvalue weighted by Crippen LogP contribution is 2.38. The maximum atomic E-state index is 8.88. The van der Waals surface area contributed by atoms with Gasteiger partial charge in [-0.15, -0.1) is 0 Å². The molecule has 2 aromatic rings. The second-order valence-electron chi connectivity index (χ2n) is 4.12. The Hall–Kier alpha value is -1.90. The monoisotopic (exact) mass is 366 g/mol. The molecule has 0 fully saturated rings. The maximum absolute atomic E-state index is 8.88. The van der Waals surface area contributed by atoms with Gasteiger partial charge in [0.1, 0.15) is 11.5 Å². The molecule has 2 aromatic carbocycles. The van der Waals surface area contributed by atoms with Crippen molar-refractivity contribution in [1.29, 1.82) is 5.26 Å². The van der Waals surface area contributed by atoms with Crippen LogP contribution in [0.3, 0.4) is 0 Å². The molecule has 0 saturated carbocycles. The number of methoxy groups -OCH3 is 2. The molecule has 0 atom stereocenters. The van der Waals surface area contributed by atoms with E-state index >= 15 is 0 Å². The van der Waals surface area contributed by atoms with Crippen LogP contribution in [0.1, 0.15) is 5.56 Å². The van der Waals surface area contributed by atoms with Crippen LogP contribution in [0.4, 0.5) is 11.4 Å². The lowest BCUT2D eigenvalue weighted by molar-refractivity contribution is 0.396. The zero-order chi connectivity index (χ0) is 15.4. The minimum absolute atomic E-state index is 0.477. The molecule has 0 radical (unpaired) electrons. The summed E-state index contributed by atoms with van der Waals surface area (Å²) in [6, 6.07) is 10.8. The van der Waals surface area contributed by atoms with Gasteiger partial charge in [0.15, 0.2) is 0 Å². The summed E-state index contributed by atoms with van der Waals surface area (Å²) in [7, 11) is 3.12. The molecule has 2 rings (SSSR count). The second kappa shape index (κ2) is 6.70. The Labute approximate surface area is 136 Å². The van der Waals surface area contributed by atoms with Gasteiger partial charge in [-0.25, -0.2) is 0 Å². The average Bonchev–Trinajstić information content (AvgIpc) is 2.49. The first kappa shape index (κ1) is 15.5. The summed E-state index contributed by atoms with van der Waals surface area (Å²) in [6.07, 6.45) is 0. The Morgan fingerprint density at radius 2 is 1.81 bits per heavy atom. The Morgan fingerprint density at radius 1 is 1.10 bits per heavy atom. The molecule has 4 nitrogen and oxygen atoms in total. The predicted molar refractivity (Wildman–Crippen MR) is 86.7 cm³/mol. The van der Waals surface area contributed by atoms with Gasteiger partial charge in [0.2, 0.25) is 0 Å². The van der Waals surface area contributed by atoms with E-state index in [0.29, 0.717) is 27.8 Å². The standard InChI is InChI=1S/C15H12BrClN2O2/c1-20-14-7-15(21-2)13(6-11(14)17)19-12-4-3-9(8-18)5-10(12)16/h3-7,19H,1-2H3. The Kier molecular flexibility index (Phi) is 4.94. The summed E-state index contributed by atoms with van der Waals surface area (Å²) >= 11 is 9.56. The quantitative estimate of drug-likeness (QED) is 0.848. The topological polar surface area (TPSA) is 54.3 Å². The van der Waals surface area contributed by atoms with Crippen molar-refractivity contribution in [3.63, 3.8) is 0 Å². The van der Waals surface area contributed by atoms with Crippen molar-refractivity contribution in [2.45, 2.75) is 0 Å². The van der Waals surface area contributed by atoms with Gasteiger partial charge in [0, 0.05) is 10.5 Å². The van der Waals surface area contributed by atoms with E-state index in [2.05, 4.69) is 27.3 Å². The molecule has 6 heteroatoms. The van der Waals surface area contributed by atoms with Gasteiger partial charge in [-0.2, -0.15) is 5.26 Å². The average molecular weight is 368 g/mol.